The average Bonchev–Trinajstić information content (AvgIpc) is 3.28. The van der Waals surface area contributed by atoms with Gasteiger partial charge in [0.1, 0.15) is 16.3 Å². The number of carbonyl (C=O) groups excluding carboxylic acids is 1. The third kappa shape index (κ3) is 5.08. The van der Waals surface area contributed by atoms with Gasteiger partial charge in [-0.15, -0.1) is 11.3 Å². The van der Waals surface area contributed by atoms with E-state index in [2.05, 4.69) is 5.32 Å². The van der Waals surface area contributed by atoms with Crippen LogP contribution in [0.5, 0.6) is 11.5 Å². The summed E-state index contributed by atoms with van der Waals surface area (Å²) in [5.74, 6) is 0.958. The van der Waals surface area contributed by atoms with E-state index in [1.807, 2.05) is 19.1 Å². The minimum Gasteiger partial charge on any atom is -0.497 e. The number of hydrogen-bond acceptors (Lipinski definition) is 7. The zero-order valence-electron chi connectivity index (χ0n) is 20.7. The fourth-order valence-corrected chi connectivity index (χ4v) is 6.82. The monoisotopic (exact) mass is 555 g/mol. The van der Waals surface area contributed by atoms with Gasteiger partial charge in [-0.3, -0.25) is 14.2 Å². The molecule has 0 radical (unpaired) electrons. The van der Waals surface area contributed by atoms with Crippen molar-refractivity contribution in [1.29, 1.82) is 0 Å². The van der Waals surface area contributed by atoms with Gasteiger partial charge in [0.25, 0.3) is 5.56 Å². The quantitative estimate of drug-likeness (QED) is 0.221. The van der Waals surface area contributed by atoms with E-state index in [0.717, 1.165) is 41.6 Å². The number of methoxy groups -OCH3 is 2. The smallest absolute Gasteiger partial charge is 0.267 e. The van der Waals surface area contributed by atoms with Crippen molar-refractivity contribution in [1.82, 2.24) is 9.55 Å². The Balaban J connectivity index is 1.52. The number of aryl methyl sites for hydroxylation is 2. The topological polar surface area (TPSA) is 82.5 Å². The van der Waals surface area contributed by atoms with Gasteiger partial charge in [0.2, 0.25) is 5.91 Å². The highest BCUT2D eigenvalue weighted by Crippen LogP contribution is 2.36. The van der Waals surface area contributed by atoms with Gasteiger partial charge >= 0.3 is 0 Å². The number of nitrogens with zero attached hydrogens (tertiary/aromatic N) is 2. The molecule has 0 spiro atoms. The Hall–Kier alpha value is -3.01. The first-order chi connectivity index (χ1) is 17.9. The number of hydrogen-bond donors (Lipinski definition) is 1. The summed E-state index contributed by atoms with van der Waals surface area (Å²) in [6.45, 7) is 1.88. The van der Waals surface area contributed by atoms with Crippen LogP contribution in [0.3, 0.4) is 0 Å². The predicted molar refractivity (Wildman–Crippen MR) is 151 cm³/mol. The second-order valence-electron chi connectivity index (χ2n) is 8.75. The lowest BCUT2D eigenvalue weighted by Crippen LogP contribution is -2.24. The van der Waals surface area contributed by atoms with Gasteiger partial charge in [0, 0.05) is 33.8 Å². The van der Waals surface area contributed by atoms with Crippen molar-refractivity contribution in [2.45, 2.75) is 37.8 Å². The van der Waals surface area contributed by atoms with Gasteiger partial charge < -0.3 is 14.8 Å². The molecule has 0 bridgehead atoms. The van der Waals surface area contributed by atoms with Crippen LogP contribution >= 0.6 is 34.7 Å². The van der Waals surface area contributed by atoms with E-state index in [1.54, 1.807) is 54.4 Å². The first-order valence-electron chi connectivity index (χ1n) is 11.9. The fraction of sp³-hybridized carbons (Fsp3) is 0.296. The lowest BCUT2D eigenvalue weighted by molar-refractivity contribution is -0.113. The summed E-state index contributed by atoms with van der Waals surface area (Å²) >= 11 is 9.23. The summed E-state index contributed by atoms with van der Waals surface area (Å²) in [6, 6.07) is 10.7. The molecule has 37 heavy (non-hydrogen) atoms. The van der Waals surface area contributed by atoms with Crippen molar-refractivity contribution in [2.75, 3.05) is 25.3 Å². The highest BCUT2D eigenvalue weighted by molar-refractivity contribution is 7.99. The van der Waals surface area contributed by atoms with E-state index in [9.17, 15) is 9.59 Å². The highest BCUT2D eigenvalue weighted by atomic mass is 35.5. The molecule has 0 aliphatic heterocycles. The van der Waals surface area contributed by atoms with Crippen molar-refractivity contribution in [3.05, 3.63) is 67.8 Å². The molecule has 2 aromatic heterocycles. The number of rotatable bonds is 7. The third-order valence-corrected chi connectivity index (χ3v) is 8.94. The predicted octanol–water partition coefficient (Wildman–Crippen LogP) is 6.04. The number of nitrogens with one attached hydrogen (secondary N) is 1. The number of carbonyl (C=O) groups is 1. The Morgan fingerprint density at radius 2 is 1.89 bits per heavy atom. The average molecular weight is 556 g/mol. The van der Waals surface area contributed by atoms with Crippen molar-refractivity contribution >= 4 is 56.5 Å². The molecular weight excluding hydrogens is 530 g/mol. The molecule has 10 heteroatoms. The van der Waals surface area contributed by atoms with Gasteiger partial charge in [0.05, 0.1) is 31.0 Å². The minimum absolute atomic E-state index is 0.0577. The first kappa shape index (κ1) is 25.6. The number of thioether (sulfide) groups is 1. The maximum atomic E-state index is 14.0. The van der Waals surface area contributed by atoms with E-state index in [4.69, 9.17) is 26.1 Å². The molecule has 7 nitrogen and oxygen atoms in total. The Kier molecular flexibility index (Phi) is 7.46. The Morgan fingerprint density at radius 1 is 1.16 bits per heavy atom. The summed E-state index contributed by atoms with van der Waals surface area (Å²) in [5.41, 5.74) is 3.02. The molecule has 1 aliphatic rings. The lowest BCUT2D eigenvalue weighted by atomic mass is 9.97. The van der Waals surface area contributed by atoms with Gasteiger partial charge in [-0.25, -0.2) is 4.98 Å². The summed E-state index contributed by atoms with van der Waals surface area (Å²) in [7, 11) is 3.11. The van der Waals surface area contributed by atoms with E-state index in [0.29, 0.717) is 38.4 Å². The van der Waals surface area contributed by atoms with Crippen LogP contribution in [0.2, 0.25) is 5.02 Å². The molecule has 0 saturated carbocycles. The molecule has 0 saturated heterocycles. The molecular formula is C27H26ClN3O4S2. The van der Waals surface area contributed by atoms with Crippen LogP contribution in [0.1, 0.15) is 28.8 Å². The molecule has 1 aliphatic carbocycles. The van der Waals surface area contributed by atoms with Gasteiger partial charge in [-0.2, -0.15) is 0 Å². The summed E-state index contributed by atoms with van der Waals surface area (Å²) in [5, 5.41) is 4.60. The summed E-state index contributed by atoms with van der Waals surface area (Å²) in [4.78, 5) is 33.8. The molecule has 0 atom stereocenters. The van der Waals surface area contributed by atoms with Crippen LogP contribution in [0, 0.1) is 6.92 Å². The molecule has 4 aromatic rings. The largest absolute Gasteiger partial charge is 0.497 e. The second kappa shape index (κ2) is 10.8. The van der Waals surface area contributed by atoms with E-state index < -0.39 is 0 Å². The minimum atomic E-state index is -0.241. The summed E-state index contributed by atoms with van der Waals surface area (Å²) < 4.78 is 12.2. The van der Waals surface area contributed by atoms with Crippen molar-refractivity contribution in [3.63, 3.8) is 0 Å². The maximum Gasteiger partial charge on any atom is 0.267 e. The number of fused-ring (bicyclic) bond motifs is 3. The zero-order valence-corrected chi connectivity index (χ0v) is 23.1. The normalized spacial score (nSPS) is 12.9. The third-order valence-electron chi connectivity index (χ3n) is 6.41. The molecule has 1 N–H and O–H groups in total. The van der Waals surface area contributed by atoms with Crippen LogP contribution < -0.4 is 20.3 Å². The van der Waals surface area contributed by atoms with E-state index >= 15 is 0 Å². The van der Waals surface area contributed by atoms with Gasteiger partial charge in [0.15, 0.2) is 5.16 Å². The molecule has 1 amide bonds. The van der Waals surface area contributed by atoms with Crippen LogP contribution in [0.15, 0.2) is 46.3 Å². The lowest BCUT2D eigenvalue weighted by Gasteiger charge is -2.16. The second-order valence-corrected chi connectivity index (χ2v) is 11.2. The van der Waals surface area contributed by atoms with Crippen LogP contribution in [0.4, 0.5) is 5.69 Å². The molecule has 2 aromatic carbocycles. The molecule has 2 heterocycles. The van der Waals surface area contributed by atoms with E-state index in [-0.39, 0.29) is 17.2 Å². The van der Waals surface area contributed by atoms with Gasteiger partial charge in [-0.1, -0.05) is 29.4 Å². The fourth-order valence-electron chi connectivity index (χ4n) is 4.54. The first-order valence-corrected chi connectivity index (χ1v) is 14.1. The van der Waals surface area contributed by atoms with Crippen LogP contribution in [0.25, 0.3) is 15.9 Å². The van der Waals surface area contributed by atoms with E-state index in [1.165, 1.54) is 16.6 Å². The zero-order chi connectivity index (χ0) is 26.1. The molecule has 192 valence electrons. The van der Waals surface area contributed by atoms with Crippen LogP contribution in [-0.4, -0.2) is 35.4 Å². The number of benzene rings is 2. The van der Waals surface area contributed by atoms with Gasteiger partial charge in [-0.05, 0) is 55.9 Å². The number of amides is 1. The summed E-state index contributed by atoms with van der Waals surface area (Å²) in [6.07, 6.45) is 4.05. The van der Waals surface area contributed by atoms with Crippen molar-refractivity contribution in [3.8, 4) is 17.2 Å². The van der Waals surface area contributed by atoms with Crippen molar-refractivity contribution in [2.24, 2.45) is 0 Å². The Morgan fingerprint density at radius 3 is 2.62 bits per heavy atom. The number of thiophene rings is 1. The maximum absolute atomic E-state index is 14.0. The molecule has 0 unspecified atom stereocenters. The van der Waals surface area contributed by atoms with Crippen molar-refractivity contribution < 1.29 is 14.3 Å². The molecule has 5 rings (SSSR count). The number of aromatic nitrogens is 2. The Labute approximate surface area is 227 Å². The Bertz CT molecular complexity index is 1540. The highest BCUT2D eigenvalue weighted by Gasteiger charge is 2.24. The molecule has 0 fully saturated rings. The standard InChI is InChI=1S/C27H26ClN3O4S2/c1-15-20(28)8-6-9-21(15)31-26(33)24-19-7-4-5-10-22(19)37-25(24)30-27(31)36-14-23(32)29-16-11-17(34-2)13-18(12-16)35-3/h6,8-9,11-13H,4-5,7,10,14H2,1-3H3,(H,29,32). The number of ether oxygens (including phenoxy) is 2. The number of halogens is 1. The number of anilines is 1. The van der Waals surface area contributed by atoms with Crippen LogP contribution in [-0.2, 0) is 17.6 Å². The SMILES string of the molecule is COc1cc(NC(=O)CSc2nc3sc4c(c3c(=O)n2-c2cccc(Cl)c2C)CCCC4)cc(OC)c1.